The van der Waals surface area contributed by atoms with Crippen molar-refractivity contribution in [3.05, 3.63) is 74.4 Å². The van der Waals surface area contributed by atoms with Crippen LogP contribution in [0.2, 0.25) is 0 Å². The zero-order valence-corrected chi connectivity index (χ0v) is 16.0. The molecule has 0 unspecified atom stereocenters. The number of amides is 1. The zero-order valence-electron chi connectivity index (χ0n) is 16.0. The van der Waals surface area contributed by atoms with E-state index in [2.05, 4.69) is 20.3 Å². The second-order valence-corrected chi connectivity index (χ2v) is 6.79. The highest BCUT2D eigenvalue weighted by Gasteiger charge is 2.13. The topological polar surface area (TPSA) is 110 Å². The van der Waals surface area contributed by atoms with E-state index in [1.807, 2.05) is 37.3 Å². The van der Waals surface area contributed by atoms with Gasteiger partial charge in [-0.2, -0.15) is 0 Å². The molecule has 4 aromatic rings. The van der Waals surface area contributed by atoms with Crippen LogP contribution in [0.25, 0.3) is 22.2 Å². The Balaban J connectivity index is 1.87. The third-order valence-electron chi connectivity index (χ3n) is 4.71. The van der Waals surface area contributed by atoms with Crippen molar-refractivity contribution in [2.75, 3.05) is 5.32 Å². The molecule has 29 heavy (non-hydrogen) atoms. The van der Waals surface area contributed by atoms with E-state index < -0.39 is 11.2 Å². The van der Waals surface area contributed by atoms with Gasteiger partial charge in [0.05, 0.1) is 17.6 Å². The maximum atomic E-state index is 12.9. The van der Waals surface area contributed by atoms with Gasteiger partial charge in [0.15, 0.2) is 11.2 Å². The van der Waals surface area contributed by atoms with E-state index in [1.165, 1.54) is 0 Å². The van der Waals surface area contributed by atoms with E-state index in [9.17, 15) is 14.4 Å². The summed E-state index contributed by atoms with van der Waals surface area (Å²) in [6.07, 6.45) is 0.356. The quantitative estimate of drug-likeness (QED) is 0.521. The number of carbonyl (C=O) groups excluding carboxylic acids is 1. The van der Waals surface area contributed by atoms with Crippen LogP contribution in [0.3, 0.4) is 0 Å². The Morgan fingerprint density at radius 1 is 1.10 bits per heavy atom. The van der Waals surface area contributed by atoms with Gasteiger partial charge in [-0.3, -0.25) is 19.1 Å². The average Bonchev–Trinajstić information content (AvgIpc) is 2.71. The van der Waals surface area contributed by atoms with Crippen molar-refractivity contribution in [1.82, 2.24) is 19.5 Å². The Labute approximate surface area is 165 Å². The molecule has 2 heterocycles. The normalized spacial score (nSPS) is 11.1. The lowest BCUT2D eigenvalue weighted by Crippen LogP contribution is -2.36. The van der Waals surface area contributed by atoms with Gasteiger partial charge in [-0.1, -0.05) is 37.3 Å². The fraction of sp³-hybridized carbons (Fsp3) is 0.190. The number of rotatable bonds is 4. The van der Waals surface area contributed by atoms with Gasteiger partial charge in [0.2, 0.25) is 5.91 Å². The number of aromatic nitrogens is 4. The minimum absolute atomic E-state index is 0.0952. The number of benzene rings is 2. The van der Waals surface area contributed by atoms with Gasteiger partial charge in [0.25, 0.3) is 5.56 Å². The van der Waals surface area contributed by atoms with Crippen molar-refractivity contribution in [1.29, 1.82) is 0 Å². The zero-order chi connectivity index (χ0) is 20.5. The van der Waals surface area contributed by atoms with Crippen molar-refractivity contribution in [3.63, 3.8) is 0 Å². The van der Waals surface area contributed by atoms with Gasteiger partial charge in [-0.05, 0) is 30.2 Å². The summed E-state index contributed by atoms with van der Waals surface area (Å²) in [6.45, 7) is 3.76. The fourth-order valence-corrected chi connectivity index (χ4v) is 3.12. The van der Waals surface area contributed by atoms with Crippen LogP contribution in [0.5, 0.6) is 0 Å². The maximum Gasteiger partial charge on any atom is 0.330 e. The summed E-state index contributed by atoms with van der Waals surface area (Å²) in [5, 5.41) is 2.81. The summed E-state index contributed by atoms with van der Waals surface area (Å²) in [7, 11) is 0. The molecule has 8 nitrogen and oxygen atoms in total. The van der Waals surface area contributed by atoms with E-state index >= 15 is 0 Å². The summed E-state index contributed by atoms with van der Waals surface area (Å²) >= 11 is 0. The van der Waals surface area contributed by atoms with Crippen LogP contribution < -0.4 is 16.6 Å². The van der Waals surface area contributed by atoms with Crippen molar-refractivity contribution in [2.45, 2.75) is 26.8 Å². The maximum absolute atomic E-state index is 12.9. The van der Waals surface area contributed by atoms with Crippen molar-refractivity contribution in [3.8, 4) is 0 Å². The molecule has 2 aromatic carbocycles. The summed E-state index contributed by atoms with van der Waals surface area (Å²) < 4.78 is 1.11. The van der Waals surface area contributed by atoms with Crippen LogP contribution >= 0.6 is 0 Å². The monoisotopic (exact) mass is 389 g/mol. The first kappa shape index (κ1) is 18.5. The molecule has 2 aromatic heterocycles. The fourth-order valence-electron chi connectivity index (χ4n) is 3.12. The average molecular weight is 389 g/mol. The number of H-pyrrole nitrogens is 1. The van der Waals surface area contributed by atoms with Crippen molar-refractivity contribution < 1.29 is 4.79 Å². The molecule has 2 N–H and O–H groups in total. The highest BCUT2D eigenvalue weighted by Crippen LogP contribution is 2.22. The Morgan fingerprint density at radius 2 is 1.83 bits per heavy atom. The van der Waals surface area contributed by atoms with Crippen molar-refractivity contribution >= 4 is 33.8 Å². The molecule has 0 bridgehead atoms. The molecule has 146 valence electrons. The first-order chi connectivity index (χ1) is 14.0. The molecule has 0 saturated carbocycles. The predicted molar refractivity (Wildman–Crippen MR) is 111 cm³/mol. The molecule has 0 aliphatic heterocycles. The molecular formula is C21H19N5O3. The Morgan fingerprint density at radius 3 is 2.55 bits per heavy atom. The summed E-state index contributed by atoms with van der Waals surface area (Å²) in [4.78, 5) is 48.6. The van der Waals surface area contributed by atoms with Crippen LogP contribution in [0.15, 0.2) is 52.1 Å². The number of aryl methyl sites for hydroxylation is 1. The molecule has 8 heteroatoms. The van der Waals surface area contributed by atoms with Gasteiger partial charge in [-0.25, -0.2) is 14.8 Å². The molecule has 0 radical (unpaired) electrons. The molecule has 0 atom stereocenters. The SMILES string of the molecule is CCC(=O)Nc1cc2nc3[nH]c(=O)n(Cc4ccccc4)c(=O)c3nc2cc1C. The van der Waals surface area contributed by atoms with E-state index in [0.29, 0.717) is 23.1 Å². The minimum Gasteiger partial charge on any atom is -0.326 e. The Hall–Kier alpha value is -3.81. The molecule has 0 aliphatic rings. The molecule has 0 spiro atoms. The first-order valence-corrected chi connectivity index (χ1v) is 9.25. The van der Waals surface area contributed by atoms with Crippen LogP contribution in [0, 0.1) is 6.92 Å². The third-order valence-corrected chi connectivity index (χ3v) is 4.71. The van der Waals surface area contributed by atoms with E-state index in [0.717, 1.165) is 15.7 Å². The molecule has 0 fully saturated rings. The second-order valence-electron chi connectivity index (χ2n) is 6.79. The summed E-state index contributed by atoms with van der Waals surface area (Å²) in [5.41, 5.74) is 2.42. The Bertz CT molecular complexity index is 1360. The standard InChI is InChI=1S/C21H19N5O3/c1-3-17(27)22-14-10-16-15(9-12(14)2)23-18-19(24-16)25-21(29)26(20(18)28)11-13-7-5-4-6-8-13/h4-10H,3,11H2,1-2H3,(H,22,27)(H,24,25,29). The van der Waals surface area contributed by atoms with Crippen molar-refractivity contribution in [2.24, 2.45) is 0 Å². The lowest BCUT2D eigenvalue weighted by atomic mass is 10.1. The predicted octanol–water partition coefficient (Wildman–Crippen LogP) is 2.34. The van der Waals surface area contributed by atoms with Gasteiger partial charge >= 0.3 is 5.69 Å². The van der Waals surface area contributed by atoms with Gasteiger partial charge in [0.1, 0.15) is 0 Å². The van der Waals surface area contributed by atoms with Crippen LogP contribution in [-0.2, 0) is 11.3 Å². The Kier molecular flexibility index (Phi) is 4.67. The number of hydrogen-bond acceptors (Lipinski definition) is 5. The number of aromatic amines is 1. The van der Waals surface area contributed by atoms with Crippen LogP contribution in [0.1, 0.15) is 24.5 Å². The molecule has 4 rings (SSSR count). The second kappa shape index (κ2) is 7.31. The van der Waals surface area contributed by atoms with Gasteiger partial charge in [-0.15, -0.1) is 0 Å². The molecule has 0 saturated heterocycles. The smallest absolute Gasteiger partial charge is 0.326 e. The van der Waals surface area contributed by atoms with E-state index in [1.54, 1.807) is 19.1 Å². The number of nitrogens with zero attached hydrogens (tertiary/aromatic N) is 3. The number of fused-ring (bicyclic) bond motifs is 2. The van der Waals surface area contributed by atoms with Crippen LogP contribution in [0.4, 0.5) is 5.69 Å². The van der Waals surface area contributed by atoms with Gasteiger partial charge < -0.3 is 5.32 Å². The number of nitrogens with one attached hydrogen (secondary N) is 2. The first-order valence-electron chi connectivity index (χ1n) is 9.25. The molecule has 0 aliphatic carbocycles. The number of carbonyl (C=O) groups is 1. The summed E-state index contributed by atoms with van der Waals surface area (Å²) in [5.74, 6) is -0.113. The molecular weight excluding hydrogens is 370 g/mol. The third kappa shape index (κ3) is 3.52. The molecule has 1 amide bonds. The van der Waals surface area contributed by atoms with Gasteiger partial charge in [0, 0.05) is 12.1 Å². The highest BCUT2D eigenvalue weighted by atomic mass is 16.2. The lowest BCUT2D eigenvalue weighted by Gasteiger charge is -2.10. The summed E-state index contributed by atoms with van der Waals surface area (Å²) in [6, 6.07) is 12.7. The number of hydrogen-bond donors (Lipinski definition) is 2. The van der Waals surface area contributed by atoms with E-state index in [4.69, 9.17) is 0 Å². The minimum atomic E-state index is -0.549. The number of anilines is 1. The van der Waals surface area contributed by atoms with E-state index in [-0.39, 0.29) is 23.6 Å². The van der Waals surface area contributed by atoms with Crippen LogP contribution in [-0.4, -0.2) is 25.4 Å². The highest BCUT2D eigenvalue weighted by molar-refractivity contribution is 5.95. The lowest BCUT2D eigenvalue weighted by molar-refractivity contribution is -0.115. The largest absolute Gasteiger partial charge is 0.330 e.